The smallest absolute Gasteiger partial charge is 0.177 e. The van der Waals surface area contributed by atoms with Crippen LogP contribution in [0.3, 0.4) is 0 Å². The molecule has 5 heteroatoms. The summed E-state index contributed by atoms with van der Waals surface area (Å²) >= 11 is 7.04. The molecule has 19 heavy (non-hydrogen) atoms. The van der Waals surface area contributed by atoms with Gasteiger partial charge in [0.05, 0.1) is 6.54 Å². The lowest BCUT2D eigenvalue weighted by Crippen LogP contribution is -2.16. The fourth-order valence-corrected chi connectivity index (χ4v) is 2.19. The van der Waals surface area contributed by atoms with Gasteiger partial charge < -0.3 is 0 Å². The number of ketones is 1. The molecule has 2 nitrogen and oxygen atoms in total. The zero-order valence-electron chi connectivity index (χ0n) is 9.90. The van der Waals surface area contributed by atoms with E-state index in [4.69, 9.17) is 11.6 Å². The van der Waals surface area contributed by atoms with E-state index in [1.807, 2.05) is 0 Å². The summed E-state index contributed by atoms with van der Waals surface area (Å²) in [7, 11) is 0. The average molecular weight is 296 g/mol. The largest absolute Gasteiger partial charge is 0.293 e. The topological polar surface area (TPSA) is 29.1 Å². The van der Waals surface area contributed by atoms with Gasteiger partial charge in [-0.2, -0.15) is 0 Å². The Morgan fingerprint density at radius 2 is 1.74 bits per heavy atom. The van der Waals surface area contributed by atoms with Crippen molar-refractivity contribution in [3.63, 3.8) is 0 Å². The fourth-order valence-electron chi connectivity index (χ4n) is 1.43. The summed E-state index contributed by atoms with van der Waals surface area (Å²) < 4.78 is 15.6. The number of hydrogen-bond donors (Lipinski definition) is 1. The summed E-state index contributed by atoms with van der Waals surface area (Å²) in [5.41, 5.74) is 0.608. The molecule has 0 saturated heterocycles. The van der Waals surface area contributed by atoms with E-state index in [2.05, 4.69) is 4.72 Å². The van der Waals surface area contributed by atoms with Crippen molar-refractivity contribution >= 4 is 29.3 Å². The maximum Gasteiger partial charge on any atom is 0.177 e. The average Bonchev–Trinajstić information content (AvgIpc) is 2.41. The van der Waals surface area contributed by atoms with Crippen LogP contribution < -0.4 is 4.72 Å². The Bertz CT molecular complexity index is 557. The first kappa shape index (κ1) is 14.1. The van der Waals surface area contributed by atoms with Crippen LogP contribution in [0.4, 0.5) is 4.39 Å². The fraction of sp³-hybridized carbons (Fsp3) is 0.0714. The maximum atomic E-state index is 12.7. The number of Topliss-reactive ketones (excluding diaryl/α,β-unsaturated/α-hetero) is 1. The first-order chi connectivity index (χ1) is 9.15. The zero-order chi connectivity index (χ0) is 13.7. The predicted octanol–water partition coefficient (Wildman–Crippen LogP) is 3.96. The molecule has 0 spiro atoms. The molecule has 0 atom stereocenters. The molecule has 1 N–H and O–H groups in total. The normalized spacial score (nSPS) is 10.4. The number of hydrogen-bond acceptors (Lipinski definition) is 3. The second-order valence-electron chi connectivity index (χ2n) is 3.81. The molecular formula is C14H11ClFNOS. The third kappa shape index (κ3) is 4.35. The highest BCUT2D eigenvalue weighted by Crippen LogP contribution is 2.15. The Balaban J connectivity index is 1.84. The molecule has 0 fully saturated rings. The van der Waals surface area contributed by atoms with Crippen LogP contribution in [0.25, 0.3) is 0 Å². The molecule has 0 unspecified atom stereocenters. The highest BCUT2D eigenvalue weighted by Gasteiger charge is 2.05. The quantitative estimate of drug-likeness (QED) is 0.669. The standard InChI is InChI=1S/C14H11ClFNOS/c15-11-3-1-10(2-4-11)14(18)9-17-19-13-7-5-12(16)6-8-13/h1-8,17H,9H2. The number of nitrogens with one attached hydrogen (secondary N) is 1. The van der Waals surface area contributed by atoms with Crippen LogP contribution in [0, 0.1) is 5.82 Å². The van der Waals surface area contributed by atoms with Crippen LogP contribution in [0.1, 0.15) is 10.4 Å². The molecule has 98 valence electrons. The number of rotatable bonds is 5. The van der Waals surface area contributed by atoms with E-state index in [1.54, 1.807) is 36.4 Å². The van der Waals surface area contributed by atoms with Crippen molar-refractivity contribution in [1.29, 1.82) is 0 Å². The number of carbonyl (C=O) groups excluding carboxylic acids is 1. The molecule has 0 aromatic heterocycles. The second-order valence-corrected chi connectivity index (χ2v) is 5.21. The van der Waals surface area contributed by atoms with Gasteiger partial charge in [-0.05, 0) is 60.5 Å². The molecule has 0 heterocycles. The molecule has 2 aromatic rings. The van der Waals surface area contributed by atoms with Gasteiger partial charge in [0, 0.05) is 15.5 Å². The summed E-state index contributed by atoms with van der Waals surface area (Å²) in [5, 5.41) is 0.602. The highest BCUT2D eigenvalue weighted by atomic mass is 35.5. The van der Waals surface area contributed by atoms with Crippen LogP contribution >= 0.6 is 23.5 Å². The maximum absolute atomic E-state index is 12.7. The van der Waals surface area contributed by atoms with E-state index in [0.29, 0.717) is 10.6 Å². The van der Waals surface area contributed by atoms with E-state index in [0.717, 1.165) is 4.90 Å². The van der Waals surface area contributed by atoms with E-state index in [9.17, 15) is 9.18 Å². The molecule has 2 aromatic carbocycles. The Morgan fingerprint density at radius 3 is 2.37 bits per heavy atom. The monoisotopic (exact) mass is 295 g/mol. The van der Waals surface area contributed by atoms with Crippen molar-refractivity contribution in [1.82, 2.24) is 4.72 Å². The minimum atomic E-state index is -0.276. The molecule has 0 amide bonds. The van der Waals surface area contributed by atoms with Crippen molar-refractivity contribution in [3.8, 4) is 0 Å². The van der Waals surface area contributed by atoms with Crippen LogP contribution in [-0.2, 0) is 0 Å². The van der Waals surface area contributed by atoms with E-state index in [-0.39, 0.29) is 18.1 Å². The van der Waals surface area contributed by atoms with Crippen molar-refractivity contribution in [2.45, 2.75) is 4.90 Å². The SMILES string of the molecule is O=C(CNSc1ccc(F)cc1)c1ccc(Cl)cc1. The summed E-state index contributed by atoms with van der Waals surface area (Å²) in [6.45, 7) is 0.198. The molecule has 0 radical (unpaired) electrons. The van der Waals surface area contributed by atoms with E-state index >= 15 is 0 Å². The molecule has 0 bridgehead atoms. The molecule has 0 aliphatic heterocycles. The summed E-state index contributed by atoms with van der Waals surface area (Å²) in [5.74, 6) is -0.298. The van der Waals surface area contributed by atoms with Crippen LogP contribution in [0.15, 0.2) is 53.4 Å². The predicted molar refractivity (Wildman–Crippen MR) is 76.0 cm³/mol. The molecule has 0 aliphatic carbocycles. The van der Waals surface area contributed by atoms with Crippen molar-refractivity contribution < 1.29 is 9.18 Å². The van der Waals surface area contributed by atoms with Crippen LogP contribution in [0.5, 0.6) is 0 Å². The lowest BCUT2D eigenvalue weighted by molar-refractivity contribution is 0.0998. The molecule has 0 aliphatic rings. The van der Waals surface area contributed by atoms with Gasteiger partial charge in [0.15, 0.2) is 5.78 Å². The molecule has 0 saturated carbocycles. The first-order valence-electron chi connectivity index (χ1n) is 5.59. The van der Waals surface area contributed by atoms with Crippen molar-refractivity contribution in [2.24, 2.45) is 0 Å². The summed E-state index contributed by atoms with van der Waals surface area (Å²) in [6.07, 6.45) is 0. The molecule has 2 rings (SSSR count). The van der Waals surface area contributed by atoms with Gasteiger partial charge in [-0.3, -0.25) is 9.52 Å². The number of carbonyl (C=O) groups is 1. The van der Waals surface area contributed by atoms with E-state index in [1.165, 1.54) is 24.1 Å². The minimum Gasteiger partial charge on any atom is -0.293 e. The third-order valence-corrected chi connectivity index (χ3v) is 3.45. The lowest BCUT2D eigenvalue weighted by Gasteiger charge is -2.04. The Kier molecular flexibility index (Phi) is 4.96. The number of halogens is 2. The van der Waals surface area contributed by atoms with Crippen LogP contribution in [-0.4, -0.2) is 12.3 Å². The van der Waals surface area contributed by atoms with Gasteiger partial charge in [-0.1, -0.05) is 11.6 Å². The van der Waals surface area contributed by atoms with Gasteiger partial charge in [0.25, 0.3) is 0 Å². The van der Waals surface area contributed by atoms with Crippen molar-refractivity contribution in [2.75, 3.05) is 6.54 Å². The molecular weight excluding hydrogens is 285 g/mol. The summed E-state index contributed by atoms with van der Waals surface area (Å²) in [4.78, 5) is 12.7. The Labute approximate surface area is 120 Å². The third-order valence-electron chi connectivity index (χ3n) is 2.40. The zero-order valence-corrected chi connectivity index (χ0v) is 11.5. The van der Waals surface area contributed by atoms with Gasteiger partial charge >= 0.3 is 0 Å². The Morgan fingerprint density at radius 1 is 1.11 bits per heavy atom. The number of benzene rings is 2. The van der Waals surface area contributed by atoms with Gasteiger partial charge in [0.1, 0.15) is 5.82 Å². The minimum absolute atomic E-state index is 0.0220. The van der Waals surface area contributed by atoms with Gasteiger partial charge in [-0.15, -0.1) is 0 Å². The highest BCUT2D eigenvalue weighted by molar-refractivity contribution is 7.97. The van der Waals surface area contributed by atoms with Crippen molar-refractivity contribution in [3.05, 3.63) is 64.9 Å². The van der Waals surface area contributed by atoms with Gasteiger partial charge in [0.2, 0.25) is 0 Å². The summed E-state index contributed by atoms with van der Waals surface area (Å²) in [6, 6.07) is 12.8. The van der Waals surface area contributed by atoms with Gasteiger partial charge in [-0.25, -0.2) is 4.39 Å². The Hall–Kier alpha value is -1.36. The lowest BCUT2D eigenvalue weighted by atomic mass is 10.1. The van der Waals surface area contributed by atoms with E-state index < -0.39 is 0 Å². The van der Waals surface area contributed by atoms with Crippen LogP contribution in [0.2, 0.25) is 5.02 Å². The second kappa shape index (κ2) is 6.70. The first-order valence-corrected chi connectivity index (χ1v) is 6.78.